The molecule has 1 atom stereocenters. The van der Waals surface area contributed by atoms with Gasteiger partial charge in [-0.3, -0.25) is 9.80 Å². The van der Waals surface area contributed by atoms with Crippen LogP contribution in [0, 0.1) is 13.8 Å². The smallest absolute Gasteiger partial charge is 0.408 e. The number of carboxylic acid groups (broad SMARTS) is 1. The van der Waals surface area contributed by atoms with E-state index in [-0.39, 0.29) is 12.1 Å². The van der Waals surface area contributed by atoms with Gasteiger partial charge in [-0.15, -0.1) is 11.3 Å². The molecule has 0 bridgehead atoms. The van der Waals surface area contributed by atoms with E-state index in [9.17, 15) is 9.90 Å². The van der Waals surface area contributed by atoms with E-state index >= 15 is 0 Å². The van der Waals surface area contributed by atoms with Gasteiger partial charge in [0.1, 0.15) is 5.75 Å². The first kappa shape index (κ1) is 23.4. The highest BCUT2D eigenvalue weighted by atomic mass is 32.1. The average Bonchev–Trinajstić information content (AvgIpc) is 3.08. The lowest BCUT2D eigenvalue weighted by atomic mass is 10.0. The maximum absolute atomic E-state index is 12.1. The topological polar surface area (TPSA) is 56.2 Å². The Labute approximate surface area is 190 Å². The summed E-state index contributed by atoms with van der Waals surface area (Å²) in [5.41, 5.74) is 2.30. The minimum absolute atomic E-state index is 0.0653. The molecule has 1 unspecified atom stereocenters. The quantitative estimate of drug-likeness (QED) is 0.619. The van der Waals surface area contributed by atoms with Crippen LogP contribution >= 0.6 is 11.3 Å². The third-order valence-corrected chi connectivity index (χ3v) is 7.05. The summed E-state index contributed by atoms with van der Waals surface area (Å²) in [6.45, 7) is 12.8. The molecule has 0 saturated carbocycles. The number of piperazine rings is 1. The second kappa shape index (κ2) is 10.4. The number of aryl methyl sites for hydroxylation is 2. The van der Waals surface area contributed by atoms with Crippen LogP contribution in [0.15, 0.2) is 30.3 Å². The van der Waals surface area contributed by atoms with Crippen molar-refractivity contribution in [1.29, 1.82) is 0 Å². The summed E-state index contributed by atoms with van der Waals surface area (Å²) in [7, 11) is 1.71. The molecule has 1 aliphatic heterocycles. The summed E-state index contributed by atoms with van der Waals surface area (Å²) in [6.07, 6.45) is -0.0416. The number of thiophene rings is 1. The van der Waals surface area contributed by atoms with E-state index < -0.39 is 6.09 Å². The maximum Gasteiger partial charge on any atom is 0.408 e. The Balaban J connectivity index is 1.67. The van der Waals surface area contributed by atoms with Crippen molar-refractivity contribution in [3.8, 4) is 5.75 Å². The molecule has 2 aromatic rings. The number of rotatable bonds is 8. The van der Waals surface area contributed by atoms with Gasteiger partial charge in [0.15, 0.2) is 0 Å². The summed E-state index contributed by atoms with van der Waals surface area (Å²) >= 11 is 1.75. The molecule has 6 nitrogen and oxygen atoms in total. The second-order valence-corrected chi connectivity index (χ2v) is 9.92. The number of hydrogen-bond acceptors (Lipinski definition) is 5. The molecular weight excluding hydrogens is 410 g/mol. The van der Waals surface area contributed by atoms with Crippen molar-refractivity contribution in [2.75, 3.05) is 44.7 Å². The molecule has 1 aromatic carbocycles. The highest BCUT2D eigenvalue weighted by Crippen LogP contribution is 2.34. The first-order chi connectivity index (χ1) is 14.8. The highest BCUT2D eigenvalue weighted by Gasteiger charge is 2.30. The van der Waals surface area contributed by atoms with E-state index in [1.807, 2.05) is 32.0 Å². The molecule has 1 fully saturated rings. The Kier molecular flexibility index (Phi) is 7.84. The van der Waals surface area contributed by atoms with Gasteiger partial charge in [0.05, 0.1) is 18.8 Å². The number of anilines is 1. The summed E-state index contributed by atoms with van der Waals surface area (Å²) < 4.78 is 5.52. The number of amides is 1. The van der Waals surface area contributed by atoms with Crippen LogP contribution in [-0.2, 0) is 0 Å². The molecule has 1 saturated heterocycles. The van der Waals surface area contributed by atoms with Gasteiger partial charge in [0.2, 0.25) is 0 Å². The largest absolute Gasteiger partial charge is 0.495 e. The van der Waals surface area contributed by atoms with Gasteiger partial charge < -0.3 is 14.7 Å². The predicted octanol–water partition coefficient (Wildman–Crippen LogP) is 5.02. The highest BCUT2D eigenvalue weighted by molar-refractivity contribution is 7.12. The molecule has 3 rings (SSSR count). The molecular formula is C24H35N3O3S. The maximum atomic E-state index is 12.1. The Morgan fingerprint density at radius 2 is 1.87 bits per heavy atom. The van der Waals surface area contributed by atoms with Gasteiger partial charge in [0, 0.05) is 48.5 Å². The first-order valence-electron chi connectivity index (χ1n) is 11.0. The number of carbonyl (C=O) groups is 1. The SMILES string of the molecule is COc1ccccc1N1CCN(CCC(c2cc(C)sc2C)N(C(=O)O)C(C)C)CC1. The molecule has 0 radical (unpaired) electrons. The van der Waals surface area contributed by atoms with Crippen LogP contribution in [0.25, 0.3) is 0 Å². The van der Waals surface area contributed by atoms with Crippen LogP contribution in [0.1, 0.15) is 41.6 Å². The van der Waals surface area contributed by atoms with Gasteiger partial charge >= 0.3 is 6.09 Å². The lowest BCUT2D eigenvalue weighted by Gasteiger charge is -2.38. The fourth-order valence-electron chi connectivity index (χ4n) is 4.55. The third-order valence-electron chi connectivity index (χ3n) is 6.07. The molecule has 1 aromatic heterocycles. The van der Waals surface area contributed by atoms with Crippen LogP contribution in [-0.4, -0.2) is 66.9 Å². The van der Waals surface area contributed by atoms with E-state index in [0.717, 1.165) is 56.1 Å². The zero-order valence-corrected chi connectivity index (χ0v) is 20.1. The summed E-state index contributed by atoms with van der Waals surface area (Å²) in [4.78, 5) is 21.0. The van der Waals surface area contributed by atoms with Gasteiger partial charge in [-0.2, -0.15) is 0 Å². The number of methoxy groups -OCH3 is 1. The molecule has 0 aliphatic carbocycles. The Bertz CT molecular complexity index is 875. The van der Waals surface area contributed by atoms with Crippen molar-refractivity contribution in [2.24, 2.45) is 0 Å². The monoisotopic (exact) mass is 445 g/mol. The van der Waals surface area contributed by atoms with Crippen LogP contribution in [0.2, 0.25) is 0 Å². The Morgan fingerprint density at radius 3 is 2.42 bits per heavy atom. The molecule has 7 heteroatoms. The van der Waals surface area contributed by atoms with Crippen molar-refractivity contribution in [3.05, 3.63) is 45.6 Å². The fraction of sp³-hybridized carbons (Fsp3) is 0.542. The van der Waals surface area contributed by atoms with Crippen molar-refractivity contribution in [1.82, 2.24) is 9.80 Å². The summed E-state index contributed by atoms with van der Waals surface area (Å²) in [6, 6.07) is 10.1. The lowest BCUT2D eigenvalue weighted by molar-refractivity contribution is 0.0977. The second-order valence-electron chi connectivity index (χ2n) is 8.46. The van der Waals surface area contributed by atoms with Gasteiger partial charge in [-0.25, -0.2) is 4.79 Å². The summed E-state index contributed by atoms with van der Waals surface area (Å²) in [5, 5.41) is 9.92. The number of ether oxygens (including phenoxy) is 1. The number of nitrogens with zero attached hydrogens (tertiary/aromatic N) is 3. The zero-order valence-electron chi connectivity index (χ0n) is 19.3. The van der Waals surface area contributed by atoms with Crippen molar-refractivity contribution in [2.45, 2.75) is 46.2 Å². The van der Waals surface area contributed by atoms with E-state index in [1.54, 1.807) is 23.3 Å². The Morgan fingerprint density at radius 1 is 1.19 bits per heavy atom. The van der Waals surface area contributed by atoms with E-state index in [2.05, 4.69) is 35.8 Å². The molecule has 170 valence electrons. The molecule has 31 heavy (non-hydrogen) atoms. The molecule has 2 heterocycles. The van der Waals surface area contributed by atoms with Crippen LogP contribution < -0.4 is 9.64 Å². The van der Waals surface area contributed by atoms with Crippen molar-refractivity contribution in [3.63, 3.8) is 0 Å². The van der Waals surface area contributed by atoms with Crippen molar-refractivity contribution >= 4 is 23.1 Å². The average molecular weight is 446 g/mol. The predicted molar refractivity (Wildman–Crippen MR) is 128 cm³/mol. The van der Waals surface area contributed by atoms with Gasteiger partial charge in [-0.05, 0) is 57.9 Å². The van der Waals surface area contributed by atoms with E-state index in [4.69, 9.17) is 4.74 Å². The number of para-hydroxylation sites is 2. The number of benzene rings is 1. The fourth-order valence-corrected chi connectivity index (χ4v) is 5.53. The minimum Gasteiger partial charge on any atom is -0.495 e. The third kappa shape index (κ3) is 5.52. The summed E-state index contributed by atoms with van der Waals surface area (Å²) in [5.74, 6) is 0.911. The van der Waals surface area contributed by atoms with Crippen LogP contribution in [0.5, 0.6) is 5.75 Å². The Hall–Kier alpha value is -2.25. The molecule has 1 aliphatic rings. The zero-order chi connectivity index (χ0) is 22.5. The van der Waals surface area contributed by atoms with Gasteiger partial charge in [0.25, 0.3) is 0 Å². The first-order valence-corrected chi connectivity index (χ1v) is 11.8. The number of hydrogen-bond donors (Lipinski definition) is 1. The minimum atomic E-state index is -0.843. The van der Waals surface area contributed by atoms with E-state index in [1.165, 1.54) is 9.75 Å². The van der Waals surface area contributed by atoms with Crippen LogP contribution in [0.4, 0.5) is 10.5 Å². The van der Waals surface area contributed by atoms with Crippen molar-refractivity contribution < 1.29 is 14.6 Å². The molecule has 1 N–H and O–H groups in total. The molecule has 1 amide bonds. The standard InChI is InChI=1S/C24H35N3O3S/c1-17(2)27(24(28)29)21(20-16-18(3)31-19(20)4)10-11-25-12-14-26(15-13-25)22-8-6-7-9-23(22)30-5/h6-9,16-17,21H,10-15H2,1-5H3,(H,28,29). The van der Waals surface area contributed by atoms with E-state index in [0.29, 0.717) is 0 Å². The normalized spacial score (nSPS) is 15.9. The van der Waals surface area contributed by atoms with Crippen LogP contribution in [0.3, 0.4) is 0 Å². The molecule has 0 spiro atoms. The lowest BCUT2D eigenvalue weighted by Crippen LogP contribution is -2.47. The van der Waals surface area contributed by atoms with Gasteiger partial charge in [-0.1, -0.05) is 12.1 Å².